The molecule has 1 aromatic carbocycles. The first-order valence-corrected chi connectivity index (χ1v) is 10.1. The summed E-state index contributed by atoms with van der Waals surface area (Å²) < 4.78 is 45.7. The van der Waals surface area contributed by atoms with Gasteiger partial charge in [-0.3, -0.25) is 0 Å². The van der Waals surface area contributed by atoms with Crippen LogP contribution >= 0.6 is 23.2 Å². The van der Waals surface area contributed by atoms with Crippen LogP contribution in [0.3, 0.4) is 0 Å². The van der Waals surface area contributed by atoms with Gasteiger partial charge in [0.05, 0.1) is 24.0 Å². The largest absolute Gasteiger partial charge is 0.459 e. The van der Waals surface area contributed by atoms with E-state index in [1.165, 1.54) is 16.4 Å². The lowest BCUT2D eigenvalue weighted by Gasteiger charge is -2.31. The molecule has 0 aliphatic carbocycles. The molecule has 2 heterocycles. The lowest BCUT2D eigenvalue weighted by molar-refractivity contribution is 0.119. The van der Waals surface area contributed by atoms with Gasteiger partial charge in [0.25, 0.3) is 0 Å². The topological polar surface area (TPSA) is 72.4 Å². The first-order valence-electron chi connectivity index (χ1n) is 7.87. The van der Waals surface area contributed by atoms with Crippen LogP contribution in [0.4, 0.5) is 4.39 Å². The molecule has 6 nitrogen and oxygen atoms in total. The van der Waals surface area contributed by atoms with E-state index < -0.39 is 21.9 Å². The van der Waals surface area contributed by atoms with Crippen molar-refractivity contribution in [2.24, 2.45) is 0 Å². The number of ether oxygens (including phenoxy) is 1. The van der Waals surface area contributed by atoms with Crippen LogP contribution in [0.25, 0.3) is 0 Å². The molecule has 1 aliphatic heterocycles. The number of aryl methyl sites for hydroxylation is 1. The lowest BCUT2D eigenvalue weighted by Crippen LogP contribution is -2.44. The van der Waals surface area contributed by atoms with Crippen LogP contribution < -0.4 is 4.74 Å². The molecule has 1 fully saturated rings. The highest BCUT2D eigenvalue weighted by Crippen LogP contribution is 2.31. The molecule has 0 saturated carbocycles. The third kappa shape index (κ3) is 4.09. The molecule has 3 rings (SSSR count). The molecular formula is C16H16Cl2FN3O3S. The van der Waals surface area contributed by atoms with E-state index >= 15 is 0 Å². The average molecular weight is 420 g/mol. The van der Waals surface area contributed by atoms with Gasteiger partial charge in [0.1, 0.15) is 11.0 Å². The Kier molecular flexibility index (Phi) is 5.67. The predicted octanol–water partition coefficient (Wildman–Crippen LogP) is 3.46. The Morgan fingerprint density at radius 2 is 1.92 bits per heavy atom. The van der Waals surface area contributed by atoms with Gasteiger partial charge in [0.2, 0.25) is 10.0 Å². The molecule has 0 bridgehead atoms. The number of nitrogens with zero attached hydrogens (tertiary/aromatic N) is 3. The van der Waals surface area contributed by atoms with Crippen LogP contribution in [0.1, 0.15) is 18.4 Å². The van der Waals surface area contributed by atoms with E-state index in [0.717, 1.165) is 12.4 Å². The van der Waals surface area contributed by atoms with Crippen LogP contribution in [0.5, 0.6) is 6.01 Å². The fourth-order valence-electron chi connectivity index (χ4n) is 2.70. The molecule has 1 atom stereocenters. The van der Waals surface area contributed by atoms with Gasteiger partial charge in [-0.1, -0.05) is 23.2 Å². The predicted molar refractivity (Wildman–Crippen MR) is 95.6 cm³/mol. The number of hydrogen-bond acceptors (Lipinski definition) is 5. The summed E-state index contributed by atoms with van der Waals surface area (Å²) in [6.07, 6.45) is 2.80. The fraction of sp³-hybridized carbons (Fsp3) is 0.375. The SMILES string of the molecule is Cc1cc(S(=O)(=O)N2CCCC(Oc3ncc(F)cn3)C2)c(Cl)cc1Cl. The molecule has 0 radical (unpaired) electrons. The van der Waals surface area contributed by atoms with E-state index in [1.54, 1.807) is 6.92 Å². The third-order valence-electron chi connectivity index (χ3n) is 4.04. The van der Waals surface area contributed by atoms with Crippen molar-refractivity contribution in [3.8, 4) is 6.01 Å². The van der Waals surface area contributed by atoms with Crippen LogP contribution in [0.15, 0.2) is 29.4 Å². The molecule has 2 aromatic rings. The smallest absolute Gasteiger partial charge is 0.316 e. The summed E-state index contributed by atoms with van der Waals surface area (Å²) in [7, 11) is -3.80. The molecule has 1 unspecified atom stereocenters. The van der Waals surface area contributed by atoms with Gasteiger partial charge < -0.3 is 4.74 Å². The second kappa shape index (κ2) is 7.64. The quantitative estimate of drug-likeness (QED) is 0.758. The van der Waals surface area contributed by atoms with Gasteiger partial charge in [-0.05, 0) is 37.5 Å². The van der Waals surface area contributed by atoms with Crippen molar-refractivity contribution in [2.75, 3.05) is 13.1 Å². The number of sulfonamides is 1. The molecular weight excluding hydrogens is 404 g/mol. The Morgan fingerprint density at radius 1 is 1.23 bits per heavy atom. The summed E-state index contributed by atoms with van der Waals surface area (Å²) in [5.74, 6) is -0.571. The Bertz CT molecular complexity index is 910. The molecule has 1 aromatic heterocycles. The first-order chi connectivity index (χ1) is 12.3. The minimum absolute atomic E-state index is 0.0102. The average Bonchev–Trinajstić information content (AvgIpc) is 2.60. The second-order valence-electron chi connectivity index (χ2n) is 5.96. The van der Waals surface area contributed by atoms with Crippen molar-refractivity contribution in [3.63, 3.8) is 0 Å². The van der Waals surface area contributed by atoms with E-state index in [4.69, 9.17) is 27.9 Å². The summed E-state index contributed by atoms with van der Waals surface area (Å²) >= 11 is 12.1. The van der Waals surface area contributed by atoms with Crippen LogP contribution in [-0.2, 0) is 10.0 Å². The molecule has 0 amide bonds. The monoisotopic (exact) mass is 419 g/mol. The number of rotatable bonds is 4. The summed E-state index contributed by atoms with van der Waals surface area (Å²) in [6.45, 7) is 2.19. The molecule has 0 spiro atoms. The van der Waals surface area contributed by atoms with Crippen molar-refractivity contribution >= 4 is 33.2 Å². The second-order valence-corrected chi connectivity index (χ2v) is 8.68. The first kappa shape index (κ1) is 19.3. The van der Waals surface area contributed by atoms with Crippen molar-refractivity contribution in [1.82, 2.24) is 14.3 Å². The number of hydrogen-bond donors (Lipinski definition) is 0. The number of halogens is 3. The molecule has 10 heteroatoms. The standard InChI is InChI=1S/C16H16Cl2FN3O3S/c1-10-5-15(14(18)6-13(10)17)26(23,24)22-4-2-3-12(9-22)25-16-20-7-11(19)8-21-16/h5-8,12H,2-4,9H2,1H3. The highest BCUT2D eigenvalue weighted by Gasteiger charge is 2.33. The maximum atomic E-state index is 13.0. The number of piperidine rings is 1. The maximum Gasteiger partial charge on any atom is 0.316 e. The highest BCUT2D eigenvalue weighted by atomic mass is 35.5. The Hall–Kier alpha value is -1.48. The molecule has 26 heavy (non-hydrogen) atoms. The number of benzene rings is 1. The minimum atomic E-state index is -3.80. The van der Waals surface area contributed by atoms with Gasteiger partial charge in [-0.15, -0.1) is 0 Å². The fourth-order valence-corrected chi connectivity index (χ4v) is 5.01. The third-order valence-corrected chi connectivity index (χ3v) is 6.78. The summed E-state index contributed by atoms with van der Waals surface area (Å²) in [4.78, 5) is 7.50. The highest BCUT2D eigenvalue weighted by molar-refractivity contribution is 7.89. The molecule has 1 saturated heterocycles. The zero-order valence-corrected chi connectivity index (χ0v) is 16.2. The molecule has 140 valence electrons. The number of aromatic nitrogens is 2. The lowest BCUT2D eigenvalue weighted by atomic mass is 10.1. The summed E-state index contributed by atoms with van der Waals surface area (Å²) in [6, 6.07) is 2.90. The van der Waals surface area contributed by atoms with Crippen molar-refractivity contribution < 1.29 is 17.5 Å². The van der Waals surface area contributed by atoms with E-state index in [9.17, 15) is 12.8 Å². The van der Waals surface area contributed by atoms with E-state index in [1.807, 2.05) is 0 Å². The molecule has 1 aliphatic rings. The Labute approximate surface area is 161 Å². The normalized spacial score (nSPS) is 18.7. The van der Waals surface area contributed by atoms with Gasteiger partial charge in [-0.2, -0.15) is 4.31 Å². The molecule has 0 N–H and O–H groups in total. The van der Waals surface area contributed by atoms with Crippen molar-refractivity contribution in [1.29, 1.82) is 0 Å². The Balaban J connectivity index is 1.80. The van der Waals surface area contributed by atoms with Gasteiger partial charge in [0, 0.05) is 11.6 Å². The van der Waals surface area contributed by atoms with Gasteiger partial charge in [0.15, 0.2) is 5.82 Å². The Morgan fingerprint density at radius 3 is 2.62 bits per heavy atom. The minimum Gasteiger partial charge on any atom is -0.459 e. The van der Waals surface area contributed by atoms with Crippen LogP contribution in [0.2, 0.25) is 10.0 Å². The van der Waals surface area contributed by atoms with Crippen molar-refractivity contribution in [2.45, 2.75) is 30.8 Å². The zero-order valence-electron chi connectivity index (χ0n) is 13.8. The van der Waals surface area contributed by atoms with E-state index in [2.05, 4.69) is 9.97 Å². The van der Waals surface area contributed by atoms with Gasteiger partial charge in [-0.25, -0.2) is 22.8 Å². The van der Waals surface area contributed by atoms with Gasteiger partial charge >= 0.3 is 6.01 Å². The zero-order chi connectivity index (χ0) is 18.9. The van der Waals surface area contributed by atoms with Crippen LogP contribution in [-0.4, -0.2) is 41.9 Å². The van der Waals surface area contributed by atoms with Crippen LogP contribution in [0, 0.1) is 12.7 Å². The maximum absolute atomic E-state index is 13.0. The summed E-state index contributed by atoms with van der Waals surface area (Å²) in [5.41, 5.74) is 0.624. The van der Waals surface area contributed by atoms with E-state index in [0.29, 0.717) is 30.0 Å². The van der Waals surface area contributed by atoms with E-state index in [-0.39, 0.29) is 22.5 Å². The summed E-state index contributed by atoms with van der Waals surface area (Å²) in [5, 5.41) is 0.479. The van der Waals surface area contributed by atoms with Crippen molar-refractivity contribution in [3.05, 3.63) is 46.0 Å².